The molecule has 2 aliphatic rings. The maximum atomic E-state index is 12.2. The normalized spacial score (nSPS) is 27.5. The van der Waals surface area contributed by atoms with Crippen molar-refractivity contribution < 1.29 is 9.59 Å². The number of benzene rings is 1. The van der Waals surface area contributed by atoms with Crippen LogP contribution in [0.25, 0.3) is 11.0 Å². The molecule has 3 heterocycles. The summed E-state index contributed by atoms with van der Waals surface area (Å²) in [5, 5.41) is 5.19. The van der Waals surface area contributed by atoms with E-state index in [1.165, 1.54) is 0 Å². The third-order valence-electron chi connectivity index (χ3n) is 5.64. The van der Waals surface area contributed by atoms with Crippen molar-refractivity contribution in [1.82, 2.24) is 25.1 Å². The number of amides is 3. The zero-order valence-electron chi connectivity index (χ0n) is 14.6. The number of imidazole rings is 1. The molecule has 3 amide bonds. The molecule has 2 saturated heterocycles. The summed E-state index contributed by atoms with van der Waals surface area (Å²) in [5.41, 5.74) is 1.31. The lowest BCUT2D eigenvalue weighted by Crippen LogP contribution is -2.55. The Morgan fingerprint density at radius 3 is 2.84 bits per heavy atom. The minimum absolute atomic E-state index is 0.0994. The van der Waals surface area contributed by atoms with Gasteiger partial charge in [0.2, 0.25) is 0 Å². The minimum Gasteiger partial charge on any atom is -0.330 e. The second-order valence-electron chi connectivity index (χ2n) is 7.26. The van der Waals surface area contributed by atoms with Crippen molar-refractivity contribution in [3.63, 3.8) is 0 Å². The molecule has 4 rings (SSSR count). The van der Waals surface area contributed by atoms with Gasteiger partial charge in [-0.2, -0.15) is 0 Å². The summed E-state index contributed by atoms with van der Waals surface area (Å²) in [7, 11) is 2.04. The molecule has 7 nitrogen and oxygen atoms in total. The SMILES string of the molecule is Cn1c(CN2CCC[C@@H]([C@]3(C)NC(=O)NC3=O)C2)nc2ccccc21. The van der Waals surface area contributed by atoms with Gasteiger partial charge in [-0.05, 0) is 38.4 Å². The van der Waals surface area contributed by atoms with Crippen LogP contribution in [-0.4, -0.2) is 45.0 Å². The number of nitrogens with one attached hydrogen (secondary N) is 2. The molecule has 1 aromatic carbocycles. The molecule has 0 radical (unpaired) electrons. The second kappa shape index (κ2) is 5.84. The Labute approximate surface area is 146 Å². The molecule has 2 N–H and O–H groups in total. The first-order valence-electron chi connectivity index (χ1n) is 8.73. The number of urea groups is 1. The maximum absolute atomic E-state index is 12.2. The summed E-state index contributed by atoms with van der Waals surface area (Å²) in [6.07, 6.45) is 1.94. The van der Waals surface area contributed by atoms with E-state index in [0.29, 0.717) is 0 Å². The van der Waals surface area contributed by atoms with Crippen molar-refractivity contribution >= 4 is 23.0 Å². The quantitative estimate of drug-likeness (QED) is 0.827. The highest BCUT2D eigenvalue weighted by Gasteiger charge is 2.48. The second-order valence-corrected chi connectivity index (χ2v) is 7.26. The summed E-state index contributed by atoms with van der Waals surface area (Å²) in [6.45, 7) is 4.32. The van der Waals surface area contributed by atoms with E-state index in [1.54, 1.807) is 0 Å². The molecule has 132 valence electrons. The van der Waals surface area contributed by atoms with E-state index in [4.69, 9.17) is 4.98 Å². The Bertz CT molecular complexity index is 845. The lowest BCUT2D eigenvalue weighted by atomic mass is 9.80. The predicted octanol–water partition coefficient (Wildman–Crippen LogP) is 1.38. The van der Waals surface area contributed by atoms with Crippen LogP contribution in [-0.2, 0) is 18.4 Å². The highest BCUT2D eigenvalue weighted by atomic mass is 16.2. The van der Waals surface area contributed by atoms with Crippen molar-refractivity contribution in [2.75, 3.05) is 13.1 Å². The third-order valence-corrected chi connectivity index (χ3v) is 5.64. The zero-order chi connectivity index (χ0) is 17.6. The number of carbonyl (C=O) groups excluding carboxylic acids is 2. The van der Waals surface area contributed by atoms with Crippen LogP contribution in [0, 0.1) is 5.92 Å². The first-order valence-corrected chi connectivity index (χ1v) is 8.73. The molecule has 25 heavy (non-hydrogen) atoms. The number of likely N-dealkylation sites (tertiary alicyclic amines) is 1. The number of imide groups is 1. The molecule has 2 aliphatic heterocycles. The summed E-state index contributed by atoms with van der Waals surface area (Å²) in [6, 6.07) is 7.73. The van der Waals surface area contributed by atoms with Crippen LogP contribution < -0.4 is 10.6 Å². The number of rotatable bonds is 3. The fraction of sp³-hybridized carbons (Fsp3) is 0.500. The Morgan fingerprint density at radius 2 is 2.12 bits per heavy atom. The molecular formula is C18H23N5O2. The highest BCUT2D eigenvalue weighted by Crippen LogP contribution is 2.30. The Morgan fingerprint density at radius 1 is 1.32 bits per heavy atom. The molecule has 7 heteroatoms. The number of piperidine rings is 1. The van der Waals surface area contributed by atoms with Crippen LogP contribution in [0.1, 0.15) is 25.6 Å². The summed E-state index contributed by atoms with van der Waals surface area (Å²) in [4.78, 5) is 30.8. The van der Waals surface area contributed by atoms with Gasteiger partial charge in [0.15, 0.2) is 0 Å². The number of hydrogen-bond acceptors (Lipinski definition) is 4. The van der Waals surface area contributed by atoms with Crippen molar-refractivity contribution in [3.8, 4) is 0 Å². The lowest BCUT2D eigenvalue weighted by Gasteiger charge is -2.39. The molecule has 0 aliphatic carbocycles. The van der Waals surface area contributed by atoms with E-state index in [-0.39, 0.29) is 17.9 Å². The van der Waals surface area contributed by atoms with Crippen LogP contribution in [0.4, 0.5) is 4.79 Å². The third kappa shape index (κ3) is 2.68. The van der Waals surface area contributed by atoms with E-state index in [2.05, 4.69) is 26.2 Å². The van der Waals surface area contributed by atoms with Gasteiger partial charge in [0.1, 0.15) is 11.4 Å². The van der Waals surface area contributed by atoms with Gasteiger partial charge in [0.25, 0.3) is 5.91 Å². The van der Waals surface area contributed by atoms with Gasteiger partial charge in [0, 0.05) is 19.5 Å². The van der Waals surface area contributed by atoms with Gasteiger partial charge in [-0.15, -0.1) is 0 Å². The smallest absolute Gasteiger partial charge is 0.322 e. The van der Waals surface area contributed by atoms with Crippen molar-refractivity contribution in [2.45, 2.75) is 31.8 Å². The Kier molecular flexibility index (Phi) is 3.76. The fourth-order valence-electron chi connectivity index (χ4n) is 4.05. The Hall–Kier alpha value is -2.41. The van der Waals surface area contributed by atoms with E-state index >= 15 is 0 Å². The molecule has 0 unspecified atom stereocenters. The average molecular weight is 341 g/mol. The molecule has 2 aromatic rings. The van der Waals surface area contributed by atoms with Crippen molar-refractivity contribution in [2.24, 2.45) is 13.0 Å². The topological polar surface area (TPSA) is 79.3 Å². The number of aryl methyl sites for hydroxylation is 1. The molecule has 2 fully saturated rings. The molecule has 0 bridgehead atoms. The summed E-state index contributed by atoms with van der Waals surface area (Å²) < 4.78 is 2.13. The van der Waals surface area contributed by atoms with Gasteiger partial charge in [-0.1, -0.05) is 12.1 Å². The standard InChI is InChI=1S/C18H23N5O2/c1-18(16(24)20-17(25)21-18)12-6-5-9-23(10-12)11-15-19-13-7-3-4-8-14(13)22(15)2/h3-4,7-8,12H,5-6,9-11H2,1-2H3,(H2,20,21,24,25)/t12-,18+/m1/s1. The van der Waals surface area contributed by atoms with E-state index in [9.17, 15) is 9.59 Å². The van der Waals surface area contributed by atoms with Crippen LogP contribution in [0.5, 0.6) is 0 Å². The first-order chi connectivity index (χ1) is 12.0. The fourth-order valence-corrected chi connectivity index (χ4v) is 4.05. The van der Waals surface area contributed by atoms with Gasteiger partial charge in [-0.3, -0.25) is 15.0 Å². The minimum atomic E-state index is -0.817. The summed E-state index contributed by atoms with van der Waals surface area (Å²) >= 11 is 0. The van der Waals surface area contributed by atoms with Crippen LogP contribution in [0.2, 0.25) is 0 Å². The lowest BCUT2D eigenvalue weighted by molar-refractivity contribution is -0.126. The molecule has 2 atom stereocenters. The van der Waals surface area contributed by atoms with E-state index in [0.717, 1.165) is 49.3 Å². The van der Waals surface area contributed by atoms with Gasteiger partial charge in [0.05, 0.1) is 17.6 Å². The number of carbonyl (C=O) groups is 2. The van der Waals surface area contributed by atoms with Crippen LogP contribution >= 0.6 is 0 Å². The van der Waals surface area contributed by atoms with E-state index < -0.39 is 5.54 Å². The number of para-hydroxylation sites is 2. The van der Waals surface area contributed by atoms with Gasteiger partial charge in [-0.25, -0.2) is 9.78 Å². The number of nitrogens with zero attached hydrogens (tertiary/aromatic N) is 3. The Balaban J connectivity index is 1.52. The summed E-state index contributed by atoms with van der Waals surface area (Å²) in [5.74, 6) is 0.904. The first kappa shape index (κ1) is 16.1. The molecule has 1 aromatic heterocycles. The van der Waals surface area contributed by atoms with Crippen molar-refractivity contribution in [1.29, 1.82) is 0 Å². The number of fused-ring (bicyclic) bond motifs is 1. The zero-order valence-corrected chi connectivity index (χ0v) is 14.6. The average Bonchev–Trinajstić information content (AvgIpc) is 3.05. The van der Waals surface area contributed by atoms with Crippen LogP contribution in [0.15, 0.2) is 24.3 Å². The molecule has 0 spiro atoms. The van der Waals surface area contributed by atoms with Gasteiger partial charge >= 0.3 is 6.03 Å². The maximum Gasteiger partial charge on any atom is 0.322 e. The molecular weight excluding hydrogens is 318 g/mol. The number of hydrogen-bond donors (Lipinski definition) is 2. The highest BCUT2D eigenvalue weighted by molar-refractivity contribution is 6.07. The predicted molar refractivity (Wildman–Crippen MR) is 93.8 cm³/mol. The largest absolute Gasteiger partial charge is 0.330 e. The number of aromatic nitrogens is 2. The monoisotopic (exact) mass is 341 g/mol. The van der Waals surface area contributed by atoms with Gasteiger partial charge < -0.3 is 9.88 Å². The van der Waals surface area contributed by atoms with Crippen molar-refractivity contribution in [3.05, 3.63) is 30.1 Å². The van der Waals surface area contributed by atoms with E-state index in [1.807, 2.05) is 32.2 Å². The molecule has 0 saturated carbocycles. The van der Waals surface area contributed by atoms with Crippen LogP contribution in [0.3, 0.4) is 0 Å².